The van der Waals surface area contributed by atoms with Gasteiger partial charge in [0.2, 0.25) is 0 Å². The fourth-order valence-corrected chi connectivity index (χ4v) is 1.19. The molecule has 1 rings (SSSR count). The molecule has 0 bridgehead atoms. The Morgan fingerprint density at radius 1 is 1.41 bits per heavy atom. The molecule has 6 heteroatoms. The van der Waals surface area contributed by atoms with Crippen molar-refractivity contribution in [2.75, 3.05) is 32.9 Å². The van der Waals surface area contributed by atoms with Gasteiger partial charge in [-0.25, -0.2) is 4.79 Å². The van der Waals surface area contributed by atoms with Crippen molar-refractivity contribution in [3.8, 4) is 5.75 Å². The van der Waals surface area contributed by atoms with Crippen LogP contribution in [-0.2, 0) is 9.47 Å². The number of hydrogen-bond acceptors (Lipinski definition) is 5. The van der Waals surface area contributed by atoms with Crippen molar-refractivity contribution in [1.82, 2.24) is 0 Å². The van der Waals surface area contributed by atoms with E-state index in [0.29, 0.717) is 13.2 Å². The Morgan fingerprint density at radius 3 is 2.82 bits per heavy atom. The van der Waals surface area contributed by atoms with Crippen LogP contribution in [-0.4, -0.2) is 38.2 Å². The minimum absolute atomic E-state index is 0.0142. The summed E-state index contributed by atoms with van der Waals surface area (Å²) < 4.78 is 15.0. The Morgan fingerprint density at radius 2 is 2.18 bits per heavy atom. The van der Waals surface area contributed by atoms with Crippen molar-refractivity contribution in [1.29, 1.82) is 0 Å². The second-order valence-electron chi connectivity index (χ2n) is 3.19. The third kappa shape index (κ3) is 3.93. The number of hydrogen-bond donors (Lipinski definition) is 2. The van der Waals surface area contributed by atoms with Crippen LogP contribution in [0.2, 0.25) is 0 Å². The van der Waals surface area contributed by atoms with Gasteiger partial charge in [0.25, 0.3) is 0 Å². The van der Waals surface area contributed by atoms with E-state index in [4.69, 9.17) is 25.1 Å². The fourth-order valence-electron chi connectivity index (χ4n) is 1.19. The molecular weight excluding hydrogens is 226 g/mol. The number of aromatic carboxylic acids is 1. The molecule has 0 fully saturated rings. The molecule has 0 amide bonds. The van der Waals surface area contributed by atoms with Crippen LogP contribution in [0.5, 0.6) is 5.75 Å². The summed E-state index contributed by atoms with van der Waals surface area (Å²) in [5.41, 5.74) is 5.91. The first-order valence-corrected chi connectivity index (χ1v) is 4.98. The van der Waals surface area contributed by atoms with Crippen LogP contribution in [0, 0.1) is 0 Å². The van der Waals surface area contributed by atoms with E-state index >= 15 is 0 Å². The molecular formula is C11H15NO5. The molecule has 6 nitrogen and oxygen atoms in total. The van der Waals surface area contributed by atoms with Crippen LogP contribution >= 0.6 is 0 Å². The van der Waals surface area contributed by atoms with Crippen LogP contribution in [0.4, 0.5) is 5.69 Å². The first-order chi connectivity index (χ1) is 8.16. The number of ether oxygens (including phenoxy) is 3. The maximum Gasteiger partial charge on any atom is 0.339 e. The molecule has 1 aromatic rings. The number of anilines is 1. The lowest BCUT2D eigenvalue weighted by Crippen LogP contribution is -2.11. The van der Waals surface area contributed by atoms with Gasteiger partial charge in [0.1, 0.15) is 5.56 Å². The van der Waals surface area contributed by atoms with E-state index in [1.165, 1.54) is 6.07 Å². The summed E-state index contributed by atoms with van der Waals surface area (Å²) in [4.78, 5) is 10.9. The van der Waals surface area contributed by atoms with Gasteiger partial charge < -0.3 is 25.1 Å². The average molecular weight is 241 g/mol. The molecule has 0 aliphatic heterocycles. The van der Waals surface area contributed by atoms with E-state index in [1.54, 1.807) is 19.2 Å². The van der Waals surface area contributed by atoms with Gasteiger partial charge in [-0.3, -0.25) is 0 Å². The number of carbonyl (C=O) groups is 1. The summed E-state index contributed by atoms with van der Waals surface area (Å²) in [6.45, 7) is 0.739. The molecule has 0 unspecified atom stereocenters. The van der Waals surface area contributed by atoms with Crippen molar-refractivity contribution in [2.45, 2.75) is 0 Å². The Hall–Kier alpha value is -1.79. The van der Waals surface area contributed by atoms with Gasteiger partial charge in [-0.1, -0.05) is 6.07 Å². The number of nitrogen functional groups attached to an aromatic ring is 1. The van der Waals surface area contributed by atoms with Crippen molar-refractivity contribution in [3.05, 3.63) is 23.8 Å². The molecule has 0 heterocycles. The van der Waals surface area contributed by atoms with Crippen LogP contribution in [0.1, 0.15) is 10.4 Å². The minimum Gasteiger partial charge on any atom is -0.478 e. The second-order valence-corrected chi connectivity index (χ2v) is 3.19. The zero-order valence-electron chi connectivity index (χ0n) is 9.51. The van der Waals surface area contributed by atoms with Crippen molar-refractivity contribution in [3.63, 3.8) is 0 Å². The highest BCUT2D eigenvalue weighted by Gasteiger charge is 2.13. The quantitative estimate of drug-likeness (QED) is 0.420. The average Bonchev–Trinajstić information content (AvgIpc) is 2.30. The summed E-state index contributed by atoms with van der Waals surface area (Å²) in [7, 11) is 1.56. The van der Waals surface area contributed by atoms with E-state index in [2.05, 4.69) is 0 Å². The predicted octanol–water partition coefficient (Wildman–Crippen LogP) is 0.966. The predicted molar refractivity (Wildman–Crippen MR) is 61.1 cm³/mol. The highest BCUT2D eigenvalue weighted by molar-refractivity contribution is 5.93. The van der Waals surface area contributed by atoms with Crippen molar-refractivity contribution < 1.29 is 24.1 Å². The Balaban J connectivity index is 2.60. The third-order valence-electron chi connectivity index (χ3n) is 1.99. The van der Waals surface area contributed by atoms with Crippen LogP contribution in [0.3, 0.4) is 0 Å². The summed E-state index contributed by atoms with van der Waals surface area (Å²) in [5, 5.41) is 8.93. The molecule has 0 atom stereocenters. The van der Waals surface area contributed by atoms with Crippen molar-refractivity contribution in [2.24, 2.45) is 0 Å². The highest BCUT2D eigenvalue weighted by atomic mass is 16.7. The molecule has 0 saturated heterocycles. The van der Waals surface area contributed by atoms with Gasteiger partial charge in [-0.2, -0.15) is 0 Å². The topological polar surface area (TPSA) is 91.0 Å². The first kappa shape index (κ1) is 13.3. The zero-order valence-corrected chi connectivity index (χ0v) is 9.51. The van der Waals surface area contributed by atoms with Crippen molar-refractivity contribution >= 4 is 11.7 Å². The molecule has 94 valence electrons. The number of carboxylic acid groups (broad SMARTS) is 1. The zero-order chi connectivity index (χ0) is 12.7. The molecule has 0 aliphatic rings. The minimum atomic E-state index is -1.09. The van der Waals surface area contributed by atoms with E-state index in [0.717, 1.165) is 0 Å². The number of benzene rings is 1. The maximum atomic E-state index is 10.9. The maximum absolute atomic E-state index is 10.9. The number of para-hydroxylation sites is 1. The third-order valence-corrected chi connectivity index (χ3v) is 1.99. The lowest BCUT2D eigenvalue weighted by Gasteiger charge is -2.11. The fraction of sp³-hybridized carbons (Fsp3) is 0.364. The number of carboxylic acids is 1. The number of nitrogens with two attached hydrogens (primary N) is 1. The number of methoxy groups -OCH3 is 1. The Labute approximate surface area is 98.9 Å². The molecule has 3 N–H and O–H groups in total. The summed E-state index contributed by atoms with van der Waals surface area (Å²) in [5.74, 6) is -0.971. The number of rotatable bonds is 7. The monoisotopic (exact) mass is 241 g/mol. The Kier molecular flexibility index (Phi) is 5.25. The smallest absolute Gasteiger partial charge is 0.339 e. The van der Waals surface area contributed by atoms with E-state index in [-0.39, 0.29) is 23.8 Å². The second kappa shape index (κ2) is 6.72. The largest absolute Gasteiger partial charge is 0.478 e. The molecule has 0 aromatic heterocycles. The van der Waals surface area contributed by atoms with Gasteiger partial charge >= 0.3 is 5.97 Å². The summed E-state index contributed by atoms with van der Waals surface area (Å²) in [6, 6.07) is 4.54. The normalized spacial score (nSPS) is 10.2. The molecule has 17 heavy (non-hydrogen) atoms. The van der Waals surface area contributed by atoms with Crippen LogP contribution in [0.25, 0.3) is 0 Å². The Bertz CT molecular complexity index is 380. The van der Waals surface area contributed by atoms with E-state index in [1.807, 2.05) is 0 Å². The highest BCUT2D eigenvalue weighted by Crippen LogP contribution is 2.26. The molecule has 0 saturated carbocycles. The van der Waals surface area contributed by atoms with E-state index < -0.39 is 5.97 Å². The lowest BCUT2D eigenvalue weighted by atomic mass is 10.2. The van der Waals surface area contributed by atoms with Gasteiger partial charge in [0.15, 0.2) is 12.5 Å². The molecule has 1 aromatic carbocycles. The molecule has 0 spiro atoms. The van der Waals surface area contributed by atoms with Crippen LogP contribution < -0.4 is 10.5 Å². The van der Waals surface area contributed by atoms with Gasteiger partial charge in [-0.05, 0) is 12.1 Å². The van der Waals surface area contributed by atoms with Crippen LogP contribution in [0.15, 0.2) is 18.2 Å². The summed E-state index contributed by atoms with van der Waals surface area (Å²) >= 11 is 0. The lowest BCUT2D eigenvalue weighted by molar-refractivity contribution is -0.00863. The van der Waals surface area contributed by atoms with Gasteiger partial charge in [0.05, 0.1) is 18.9 Å². The SMILES string of the molecule is COCCOCOc1c(N)cccc1C(=O)O. The standard InChI is InChI=1S/C11H15NO5/c1-15-5-6-16-7-17-10-8(11(13)14)3-2-4-9(10)12/h2-4H,5-7,12H2,1H3,(H,13,14). The first-order valence-electron chi connectivity index (χ1n) is 4.98. The van der Waals surface area contributed by atoms with Gasteiger partial charge in [-0.15, -0.1) is 0 Å². The summed E-state index contributed by atoms with van der Waals surface area (Å²) in [6.07, 6.45) is 0. The molecule has 0 aliphatic carbocycles. The van der Waals surface area contributed by atoms with Gasteiger partial charge in [0, 0.05) is 7.11 Å². The molecule has 0 radical (unpaired) electrons. The van der Waals surface area contributed by atoms with E-state index in [9.17, 15) is 4.79 Å².